The first kappa shape index (κ1) is 15.9. The van der Waals surface area contributed by atoms with Crippen molar-refractivity contribution in [2.75, 3.05) is 33.4 Å². The molecule has 0 aromatic carbocycles. The quantitative estimate of drug-likeness (QED) is 0.721. The molecule has 3 unspecified atom stereocenters. The molecule has 0 saturated carbocycles. The molecule has 4 nitrogen and oxygen atoms in total. The number of nitrogens with zero attached hydrogens (tertiary/aromatic N) is 1. The lowest BCUT2D eigenvalue weighted by molar-refractivity contribution is -0.0566. The molecule has 18 heavy (non-hydrogen) atoms. The molecular weight excluding hydrogens is 228 g/mol. The van der Waals surface area contributed by atoms with E-state index >= 15 is 0 Å². The zero-order valence-electron chi connectivity index (χ0n) is 12.4. The van der Waals surface area contributed by atoms with Crippen molar-refractivity contribution in [1.29, 1.82) is 0 Å². The maximum Gasteiger partial charge on any atom is 0.0674 e. The molecule has 1 aliphatic rings. The molecule has 1 aliphatic heterocycles. The van der Waals surface area contributed by atoms with Crippen molar-refractivity contribution in [3.8, 4) is 0 Å². The molecule has 1 fully saturated rings. The van der Waals surface area contributed by atoms with Gasteiger partial charge in [0, 0.05) is 18.1 Å². The van der Waals surface area contributed by atoms with Crippen molar-refractivity contribution in [3.05, 3.63) is 0 Å². The van der Waals surface area contributed by atoms with E-state index in [-0.39, 0.29) is 12.1 Å². The Morgan fingerprint density at radius 1 is 1.50 bits per heavy atom. The van der Waals surface area contributed by atoms with Gasteiger partial charge in [0.25, 0.3) is 0 Å². The number of morpholine rings is 1. The average molecular weight is 258 g/mol. The fourth-order valence-corrected chi connectivity index (χ4v) is 2.52. The third-order valence-electron chi connectivity index (χ3n) is 4.18. The van der Waals surface area contributed by atoms with E-state index in [0.717, 1.165) is 39.0 Å². The van der Waals surface area contributed by atoms with Gasteiger partial charge in [-0.05, 0) is 46.7 Å². The molecule has 0 radical (unpaired) electrons. The van der Waals surface area contributed by atoms with Gasteiger partial charge in [-0.3, -0.25) is 4.90 Å². The van der Waals surface area contributed by atoms with Gasteiger partial charge in [-0.15, -0.1) is 0 Å². The predicted octanol–water partition coefficient (Wildman–Crippen LogP) is 1.24. The molecule has 4 heteroatoms. The maximum atomic E-state index is 9.37. The molecule has 1 heterocycles. The fraction of sp³-hybridized carbons (Fsp3) is 1.00. The van der Waals surface area contributed by atoms with Gasteiger partial charge >= 0.3 is 0 Å². The molecule has 3 atom stereocenters. The minimum Gasteiger partial charge on any atom is -0.394 e. The SMILES string of the molecule is CCC1COC(C)CN1CCCC(C)(CO)NC. The van der Waals surface area contributed by atoms with E-state index in [1.54, 1.807) is 0 Å². The molecule has 1 rings (SSSR count). The van der Waals surface area contributed by atoms with E-state index in [0.29, 0.717) is 12.1 Å². The van der Waals surface area contributed by atoms with Crippen LogP contribution < -0.4 is 5.32 Å². The summed E-state index contributed by atoms with van der Waals surface area (Å²) >= 11 is 0. The lowest BCUT2D eigenvalue weighted by Gasteiger charge is -2.39. The molecule has 0 aliphatic carbocycles. The van der Waals surface area contributed by atoms with Crippen LogP contribution in [0.5, 0.6) is 0 Å². The molecule has 108 valence electrons. The summed E-state index contributed by atoms with van der Waals surface area (Å²) in [6.45, 7) is 9.64. The highest BCUT2D eigenvalue weighted by Crippen LogP contribution is 2.17. The van der Waals surface area contributed by atoms with Gasteiger partial charge in [0.1, 0.15) is 0 Å². The zero-order chi connectivity index (χ0) is 13.6. The van der Waals surface area contributed by atoms with Crippen LogP contribution in [0.3, 0.4) is 0 Å². The van der Waals surface area contributed by atoms with E-state index in [2.05, 4.69) is 31.0 Å². The second kappa shape index (κ2) is 7.43. The summed E-state index contributed by atoms with van der Waals surface area (Å²) in [7, 11) is 1.92. The molecule has 0 spiro atoms. The van der Waals surface area contributed by atoms with Crippen molar-refractivity contribution < 1.29 is 9.84 Å². The summed E-state index contributed by atoms with van der Waals surface area (Å²) in [6.07, 6.45) is 3.61. The van der Waals surface area contributed by atoms with Crippen molar-refractivity contribution in [3.63, 3.8) is 0 Å². The van der Waals surface area contributed by atoms with E-state index in [1.165, 1.54) is 0 Å². The molecule has 0 amide bonds. The number of nitrogens with one attached hydrogen (secondary N) is 1. The summed E-state index contributed by atoms with van der Waals surface area (Å²) in [6, 6.07) is 0.566. The van der Waals surface area contributed by atoms with Crippen LogP contribution in [-0.2, 0) is 4.74 Å². The largest absolute Gasteiger partial charge is 0.394 e. The van der Waals surface area contributed by atoms with Crippen LogP contribution in [0.2, 0.25) is 0 Å². The number of likely N-dealkylation sites (N-methyl/N-ethyl adjacent to an activating group) is 1. The number of hydrogen-bond donors (Lipinski definition) is 2. The lowest BCUT2D eigenvalue weighted by Crippen LogP contribution is -2.49. The summed E-state index contributed by atoms with van der Waals surface area (Å²) in [5.74, 6) is 0. The van der Waals surface area contributed by atoms with Crippen LogP contribution in [0.1, 0.15) is 40.0 Å². The second-order valence-electron chi connectivity index (χ2n) is 5.77. The highest BCUT2D eigenvalue weighted by atomic mass is 16.5. The molecule has 0 aromatic rings. The summed E-state index contributed by atoms with van der Waals surface area (Å²) in [5, 5.41) is 12.6. The number of aliphatic hydroxyl groups excluding tert-OH is 1. The summed E-state index contributed by atoms with van der Waals surface area (Å²) < 4.78 is 5.71. The highest BCUT2D eigenvalue weighted by molar-refractivity contribution is 4.82. The molecule has 0 bridgehead atoms. The smallest absolute Gasteiger partial charge is 0.0674 e. The Labute approximate surface area is 112 Å². The Morgan fingerprint density at radius 3 is 2.78 bits per heavy atom. The van der Waals surface area contributed by atoms with Gasteiger partial charge in [-0.1, -0.05) is 6.92 Å². The van der Waals surface area contributed by atoms with E-state index in [1.807, 2.05) is 7.05 Å². The van der Waals surface area contributed by atoms with Gasteiger partial charge in [0.15, 0.2) is 0 Å². The van der Waals surface area contributed by atoms with Crippen molar-refractivity contribution >= 4 is 0 Å². The molecule has 1 saturated heterocycles. The first-order chi connectivity index (χ1) is 8.54. The Kier molecular flexibility index (Phi) is 6.57. The van der Waals surface area contributed by atoms with Crippen LogP contribution in [0.15, 0.2) is 0 Å². The Bertz CT molecular complexity index is 232. The Hall–Kier alpha value is -0.160. The van der Waals surface area contributed by atoms with E-state index in [9.17, 15) is 5.11 Å². The van der Waals surface area contributed by atoms with Crippen molar-refractivity contribution in [1.82, 2.24) is 10.2 Å². The predicted molar refractivity (Wildman–Crippen MR) is 74.9 cm³/mol. The summed E-state index contributed by atoms with van der Waals surface area (Å²) in [5.41, 5.74) is -0.139. The minimum absolute atomic E-state index is 0.139. The third kappa shape index (κ3) is 4.50. The minimum atomic E-state index is -0.139. The number of ether oxygens (including phenoxy) is 1. The van der Waals surface area contributed by atoms with Crippen LogP contribution >= 0.6 is 0 Å². The number of rotatable bonds is 7. The van der Waals surface area contributed by atoms with Crippen LogP contribution in [0.25, 0.3) is 0 Å². The van der Waals surface area contributed by atoms with Gasteiger partial charge < -0.3 is 15.2 Å². The Balaban J connectivity index is 2.36. The second-order valence-corrected chi connectivity index (χ2v) is 5.77. The highest BCUT2D eigenvalue weighted by Gasteiger charge is 2.26. The van der Waals surface area contributed by atoms with Gasteiger partial charge in [0.2, 0.25) is 0 Å². The molecule has 2 N–H and O–H groups in total. The lowest BCUT2D eigenvalue weighted by atomic mass is 9.96. The van der Waals surface area contributed by atoms with Crippen LogP contribution in [0, 0.1) is 0 Å². The first-order valence-electron chi connectivity index (χ1n) is 7.20. The van der Waals surface area contributed by atoms with Crippen LogP contribution in [0.4, 0.5) is 0 Å². The topological polar surface area (TPSA) is 44.7 Å². The first-order valence-corrected chi connectivity index (χ1v) is 7.20. The van der Waals surface area contributed by atoms with Gasteiger partial charge in [-0.25, -0.2) is 0 Å². The number of hydrogen-bond acceptors (Lipinski definition) is 4. The van der Waals surface area contributed by atoms with Crippen LogP contribution in [-0.4, -0.2) is 61.0 Å². The monoisotopic (exact) mass is 258 g/mol. The van der Waals surface area contributed by atoms with Crippen molar-refractivity contribution in [2.24, 2.45) is 0 Å². The normalized spacial score (nSPS) is 29.2. The molecule has 0 aromatic heterocycles. The standard InChI is InChI=1S/C14H30N2O2/c1-5-13-10-18-12(2)9-16(13)8-6-7-14(3,11-17)15-4/h12-13,15,17H,5-11H2,1-4H3. The maximum absolute atomic E-state index is 9.37. The van der Waals surface area contributed by atoms with E-state index < -0.39 is 0 Å². The van der Waals surface area contributed by atoms with Gasteiger partial charge in [-0.2, -0.15) is 0 Å². The Morgan fingerprint density at radius 2 is 2.22 bits per heavy atom. The van der Waals surface area contributed by atoms with Gasteiger partial charge in [0.05, 0.1) is 19.3 Å². The summed E-state index contributed by atoms with van der Waals surface area (Å²) in [4.78, 5) is 2.54. The fourth-order valence-electron chi connectivity index (χ4n) is 2.52. The van der Waals surface area contributed by atoms with Crippen molar-refractivity contribution in [2.45, 2.75) is 57.7 Å². The third-order valence-corrected chi connectivity index (χ3v) is 4.18. The zero-order valence-corrected chi connectivity index (χ0v) is 12.4. The number of aliphatic hydroxyl groups is 1. The molecular formula is C14H30N2O2. The average Bonchev–Trinajstić information content (AvgIpc) is 2.39. The van der Waals surface area contributed by atoms with E-state index in [4.69, 9.17) is 4.74 Å².